The van der Waals surface area contributed by atoms with Crippen LogP contribution in [0.1, 0.15) is 0 Å². The van der Waals surface area contributed by atoms with E-state index in [1.54, 1.807) is 11.3 Å². The first kappa shape index (κ1) is 51.4. The third-order valence-electron chi connectivity index (χ3n) is 21.4. The second-order valence-corrected chi connectivity index (χ2v) is 27.4. The van der Waals surface area contributed by atoms with Gasteiger partial charge < -0.3 is 13.2 Å². The van der Waals surface area contributed by atoms with E-state index in [0.717, 1.165) is 115 Å². The molecule has 0 N–H and O–H groups in total. The normalized spacial score (nSPS) is 12.7. The van der Waals surface area contributed by atoms with Crippen LogP contribution < -0.4 is 0 Å². The van der Waals surface area contributed by atoms with E-state index in [4.69, 9.17) is 24.4 Å². The molecule has 24 aromatic rings. The van der Waals surface area contributed by atoms with E-state index in [9.17, 15) is 0 Å². The van der Waals surface area contributed by atoms with Crippen molar-refractivity contribution in [3.63, 3.8) is 0 Å². The van der Waals surface area contributed by atoms with Gasteiger partial charge in [0.15, 0.2) is 5.58 Å². The number of aromatic nitrogens is 8. The van der Waals surface area contributed by atoms with Crippen LogP contribution in [-0.2, 0) is 0 Å². The summed E-state index contributed by atoms with van der Waals surface area (Å²) in [6.07, 6.45) is 0. The lowest BCUT2D eigenvalue weighted by atomic mass is 9.96. The van der Waals surface area contributed by atoms with Crippen LogP contribution >= 0.6 is 11.3 Å². The summed E-state index contributed by atoms with van der Waals surface area (Å²) in [4.78, 5) is 22.5. The van der Waals surface area contributed by atoms with Crippen molar-refractivity contribution < 1.29 is 4.42 Å². The maximum atomic E-state index is 6.84. The molecule has 0 unspecified atom stereocenters. The summed E-state index contributed by atoms with van der Waals surface area (Å²) in [5.41, 5.74) is 20.5. The zero-order valence-corrected chi connectivity index (χ0v) is 52.8. The fraction of sp³-hybridized carbons (Fsp3) is 0. The van der Waals surface area contributed by atoms with Gasteiger partial charge in [0.1, 0.15) is 16.8 Å². The molecule has 98 heavy (non-hydrogen) atoms. The van der Waals surface area contributed by atoms with Crippen LogP contribution in [0.5, 0.6) is 0 Å². The predicted octanol–water partition coefficient (Wildman–Crippen LogP) is 23.3. The summed E-state index contributed by atoms with van der Waals surface area (Å²) in [7, 11) is 0. The molecule has 0 aliphatic rings. The molecule has 0 spiro atoms. The van der Waals surface area contributed by atoms with Crippen LogP contribution in [-0.4, -0.2) is 37.9 Å². The maximum Gasteiger partial charge on any atom is 0.236 e. The molecule has 0 amide bonds. The molecule has 9 nitrogen and oxygen atoms in total. The number of benzene rings is 14. The van der Waals surface area contributed by atoms with Crippen molar-refractivity contribution in [2.45, 2.75) is 0 Å². The number of furan rings is 1. The van der Waals surface area contributed by atoms with Gasteiger partial charge in [-0.2, -0.15) is 0 Å². The van der Waals surface area contributed by atoms with Crippen LogP contribution in [0.15, 0.2) is 283 Å². The average molecular weight is 1260 g/mol. The largest absolute Gasteiger partial charge is 0.452 e. The van der Waals surface area contributed by atoms with Gasteiger partial charge in [-0.15, -0.1) is 11.3 Å². The molecular formula is C88H46N8OS. The Morgan fingerprint density at radius 2 is 0.714 bits per heavy atom. The Balaban J connectivity index is 0.695. The lowest BCUT2D eigenvalue weighted by Gasteiger charge is -2.11. The Kier molecular flexibility index (Phi) is 9.68. The van der Waals surface area contributed by atoms with Crippen LogP contribution in [0.25, 0.3) is 229 Å². The number of hydrogen-bond acceptors (Lipinski definition) is 6. The number of nitrogens with zero attached hydrogens (tertiary/aromatic N) is 8. The lowest BCUT2D eigenvalue weighted by Crippen LogP contribution is -2.03. The van der Waals surface area contributed by atoms with Gasteiger partial charge in [-0.25, -0.2) is 19.9 Å². The van der Waals surface area contributed by atoms with E-state index < -0.39 is 0 Å². The average Bonchev–Trinajstić information content (AvgIpc) is 1.52. The monoisotopic (exact) mass is 1260 g/mol. The molecule has 450 valence electrons. The molecule has 0 fully saturated rings. The van der Waals surface area contributed by atoms with Gasteiger partial charge in [-0.3, -0.25) is 9.13 Å². The van der Waals surface area contributed by atoms with E-state index in [1.807, 2.05) is 12.1 Å². The molecule has 0 saturated carbocycles. The summed E-state index contributed by atoms with van der Waals surface area (Å²) in [5, 5.41) is 21.0. The maximum absolute atomic E-state index is 6.84. The molecule has 0 aliphatic carbocycles. The Morgan fingerprint density at radius 1 is 0.276 bits per heavy atom. The van der Waals surface area contributed by atoms with Crippen molar-refractivity contribution in [3.05, 3.63) is 279 Å². The zero-order valence-electron chi connectivity index (χ0n) is 52.0. The minimum Gasteiger partial charge on any atom is -0.452 e. The molecule has 10 aromatic heterocycles. The zero-order chi connectivity index (χ0) is 63.3. The van der Waals surface area contributed by atoms with Crippen molar-refractivity contribution >= 4 is 195 Å². The first-order valence-electron chi connectivity index (χ1n) is 33.3. The van der Waals surface area contributed by atoms with Crippen LogP contribution in [0, 0.1) is 0 Å². The van der Waals surface area contributed by atoms with Crippen LogP contribution in [0.4, 0.5) is 0 Å². The van der Waals surface area contributed by atoms with E-state index in [0.29, 0.717) is 17.5 Å². The second kappa shape index (κ2) is 18.5. The van der Waals surface area contributed by atoms with Crippen LogP contribution in [0.3, 0.4) is 0 Å². The van der Waals surface area contributed by atoms with Crippen LogP contribution in [0.2, 0.25) is 0 Å². The third kappa shape index (κ3) is 6.59. The summed E-state index contributed by atoms with van der Waals surface area (Å²) in [5.74, 6) is 1.23. The molecule has 0 radical (unpaired) electrons. The lowest BCUT2D eigenvalue weighted by molar-refractivity contribution is 0.666. The Bertz CT molecular complexity index is 7710. The Labute approximate surface area is 558 Å². The summed E-state index contributed by atoms with van der Waals surface area (Å²) < 4.78 is 18.7. The fourth-order valence-corrected chi connectivity index (χ4v) is 18.4. The smallest absolute Gasteiger partial charge is 0.236 e. The Hall–Kier alpha value is -13.0. The van der Waals surface area contributed by atoms with Crippen molar-refractivity contribution in [2.24, 2.45) is 0 Å². The molecule has 14 aromatic carbocycles. The number of fused-ring (bicyclic) bond motifs is 28. The van der Waals surface area contributed by atoms with Crippen molar-refractivity contribution in [1.29, 1.82) is 0 Å². The second-order valence-electron chi connectivity index (χ2n) is 26.4. The number of thiophene rings is 1. The molecule has 0 saturated heterocycles. The van der Waals surface area contributed by atoms with Crippen molar-refractivity contribution in [3.8, 4) is 45.5 Å². The SMILES string of the molecule is c1ccc2cc(-c3nc(-n4c5ccccc5c5c6c7cc(-c8ccc9cc(-c%10nc(-n%11c%12ccccc%12c%12c%13c%14ccccc%14n%14c%15ccccc%15c(cc%12%11)c%13%14)nc%11c%10oc%10ccccc%10%11)ccc9c8)ccc7n7c8ccccc8c(cc54)c67)nc4c3sc3ccccc34)ccc2c1. The minimum absolute atomic E-state index is 0.587. The van der Waals surface area contributed by atoms with Crippen molar-refractivity contribution in [1.82, 2.24) is 37.9 Å². The van der Waals surface area contributed by atoms with E-state index in [2.05, 4.69) is 285 Å². The summed E-state index contributed by atoms with van der Waals surface area (Å²) >= 11 is 1.77. The summed E-state index contributed by atoms with van der Waals surface area (Å²) in [6, 6.07) is 102. The topological polar surface area (TPSA) is 83.4 Å². The first-order valence-corrected chi connectivity index (χ1v) is 34.1. The fourth-order valence-electron chi connectivity index (χ4n) is 17.2. The van der Waals surface area contributed by atoms with Gasteiger partial charge in [0, 0.05) is 91.2 Å². The van der Waals surface area contributed by atoms with E-state index in [-0.39, 0.29) is 0 Å². The molecular weight excluding hydrogens is 1220 g/mol. The van der Waals surface area contributed by atoms with Gasteiger partial charge in [0.05, 0.1) is 71.1 Å². The standard InChI is InChI=1S/C88H46N8OS/c1-2-18-48-42-54(37-33-47(48)17-1)80-86-82(61-25-9-16-32-74(61)98-86)92-88(90-80)96-69-30-14-6-22-58(69)76-72(96)46-63-56-20-4-11-27-66(56)94-70-40-39-52(44-64(70)78(76)84(63)94)50-34-35-51-43-53(38-36-49(51)41-50)79-85-81(60-24-8-15-31-73(60)97-85)91-87(89-79)95-68-29-13-5-21-57(68)75-71(95)45-62-55-19-3-10-26-65(55)93-67-28-12-7-23-59(67)77(75)83(62)93/h1-46H. The molecule has 0 bridgehead atoms. The molecule has 0 atom stereocenters. The van der Waals surface area contributed by atoms with E-state index in [1.165, 1.54) is 96.9 Å². The predicted molar refractivity (Wildman–Crippen MR) is 407 cm³/mol. The first-order chi connectivity index (χ1) is 48.6. The highest BCUT2D eigenvalue weighted by Crippen LogP contribution is 2.51. The Morgan fingerprint density at radius 3 is 1.38 bits per heavy atom. The van der Waals surface area contributed by atoms with E-state index >= 15 is 0 Å². The molecule has 10 heterocycles. The van der Waals surface area contributed by atoms with Gasteiger partial charge in [0.25, 0.3) is 0 Å². The highest BCUT2D eigenvalue weighted by molar-refractivity contribution is 7.26. The van der Waals surface area contributed by atoms with Gasteiger partial charge in [-0.1, -0.05) is 188 Å². The quantitative estimate of drug-likeness (QED) is 0.171. The molecule has 24 rings (SSSR count). The minimum atomic E-state index is 0.587. The van der Waals surface area contributed by atoms with Gasteiger partial charge in [0.2, 0.25) is 11.9 Å². The number of hydrogen-bond donors (Lipinski definition) is 0. The molecule has 10 heteroatoms. The van der Waals surface area contributed by atoms with Gasteiger partial charge >= 0.3 is 0 Å². The third-order valence-corrected chi connectivity index (χ3v) is 22.6. The van der Waals surface area contributed by atoms with Gasteiger partial charge in [-0.05, 0) is 124 Å². The highest BCUT2D eigenvalue weighted by atomic mass is 32.1. The number of para-hydroxylation sites is 6. The van der Waals surface area contributed by atoms with Crippen molar-refractivity contribution in [2.75, 3.05) is 0 Å². The summed E-state index contributed by atoms with van der Waals surface area (Å²) in [6.45, 7) is 0. The number of rotatable bonds is 5. The molecule has 0 aliphatic heterocycles. The highest BCUT2D eigenvalue weighted by Gasteiger charge is 2.30.